The van der Waals surface area contributed by atoms with Crippen LogP contribution in [0.5, 0.6) is 0 Å². The van der Waals surface area contributed by atoms with E-state index in [1.54, 1.807) is 0 Å². The highest BCUT2D eigenvalue weighted by Crippen LogP contribution is 2.31. The molecule has 2 fully saturated rings. The average molecular weight is 435 g/mol. The first-order valence-corrected chi connectivity index (χ1v) is 11.0. The number of hydrogen-bond acceptors (Lipinski definition) is 4. The van der Waals surface area contributed by atoms with Crippen LogP contribution in [0.15, 0.2) is 28.7 Å². The molecule has 2 aromatic rings. The summed E-state index contributed by atoms with van der Waals surface area (Å²) >= 11 is 0. The van der Waals surface area contributed by atoms with Crippen molar-refractivity contribution in [3.8, 4) is 11.5 Å². The Morgan fingerprint density at radius 3 is 2.32 bits per heavy atom. The van der Waals surface area contributed by atoms with Gasteiger partial charge < -0.3 is 9.32 Å². The van der Waals surface area contributed by atoms with Gasteiger partial charge in [0, 0.05) is 31.1 Å². The van der Waals surface area contributed by atoms with E-state index in [-0.39, 0.29) is 5.92 Å². The van der Waals surface area contributed by atoms with Gasteiger partial charge in [0.05, 0.1) is 11.3 Å². The molecule has 5 nitrogen and oxygen atoms in total. The molecular weight excluding hydrogens is 407 g/mol. The molecule has 0 spiro atoms. The van der Waals surface area contributed by atoms with Gasteiger partial charge in [0.1, 0.15) is 5.76 Å². The molecule has 8 heteroatoms. The first kappa shape index (κ1) is 21.9. The monoisotopic (exact) mass is 435 g/mol. The van der Waals surface area contributed by atoms with Crippen LogP contribution in [0.25, 0.3) is 11.5 Å². The first-order valence-electron chi connectivity index (χ1n) is 11.0. The van der Waals surface area contributed by atoms with Crippen LogP contribution < -0.4 is 0 Å². The standard InChI is InChI=1S/C23H28F3N3O2/c1-16-20(27-21(31-16)17-5-7-19(8-6-17)23(24,25)26)15-28-13-9-18(10-14-28)22(30)29-11-3-2-4-12-29/h5-8,18H,2-4,9-15H2,1H3. The van der Waals surface area contributed by atoms with Crippen LogP contribution in [0.1, 0.15) is 49.1 Å². The number of carbonyl (C=O) groups excluding carboxylic acids is 1. The summed E-state index contributed by atoms with van der Waals surface area (Å²) in [6.07, 6.45) is 0.760. The SMILES string of the molecule is Cc1oc(-c2ccc(C(F)(F)F)cc2)nc1CN1CCC(C(=O)N2CCCCC2)CC1. The number of aromatic nitrogens is 1. The van der Waals surface area contributed by atoms with Crippen molar-refractivity contribution in [1.29, 1.82) is 0 Å². The van der Waals surface area contributed by atoms with E-state index >= 15 is 0 Å². The Kier molecular flexibility index (Phi) is 6.36. The van der Waals surface area contributed by atoms with E-state index in [9.17, 15) is 18.0 Å². The van der Waals surface area contributed by atoms with Crippen molar-refractivity contribution in [2.75, 3.05) is 26.2 Å². The van der Waals surface area contributed by atoms with Crippen LogP contribution >= 0.6 is 0 Å². The predicted octanol–water partition coefficient (Wildman–Crippen LogP) is 4.89. The molecule has 1 aromatic carbocycles. The number of oxazole rings is 1. The third-order valence-electron chi connectivity index (χ3n) is 6.33. The van der Waals surface area contributed by atoms with Crippen molar-refractivity contribution in [2.24, 2.45) is 5.92 Å². The van der Waals surface area contributed by atoms with Crippen molar-refractivity contribution in [1.82, 2.24) is 14.8 Å². The fourth-order valence-corrected chi connectivity index (χ4v) is 4.42. The van der Waals surface area contributed by atoms with Gasteiger partial charge in [-0.3, -0.25) is 9.69 Å². The van der Waals surface area contributed by atoms with Gasteiger partial charge in [-0.05, 0) is 76.4 Å². The van der Waals surface area contributed by atoms with Gasteiger partial charge in [-0.25, -0.2) is 4.98 Å². The lowest BCUT2D eigenvalue weighted by Gasteiger charge is -2.35. The smallest absolute Gasteiger partial charge is 0.416 e. The first-order chi connectivity index (χ1) is 14.8. The maximum absolute atomic E-state index is 12.8. The van der Waals surface area contributed by atoms with Crippen molar-refractivity contribution in [3.05, 3.63) is 41.3 Å². The number of benzene rings is 1. The largest absolute Gasteiger partial charge is 0.441 e. The molecule has 31 heavy (non-hydrogen) atoms. The molecule has 3 heterocycles. The molecular formula is C23H28F3N3O2. The molecule has 2 aliphatic rings. The second kappa shape index (κ2) is 9.02. The molecule has 0 N–H and O–H groups in total. The summed E-state index contributed by atoms with van der Waals surface area (Å²) in [6.45, 7) is 5.87. The summed E-state index contributed by atoms with van der Waals surface area (Å²) < 4.78 is 44.0. The lowest BCUT2D eigenvalue weighted by Crippen LogP contribution is -2.44. The molecule has 1 aromatic heterocycles. The number of aryl methyl sites for hydroxylation is 1. The molecule has 168 valence electrons. The normalized spacial score (nSPS) is 19.0. The van der Waals surface area contributed by atoms with Crippen LogP contribution in [-0.2, 0) is 17.5 Å². The van der Waals surface area contributed by atoms with Gasteiger partial charge in [0.2, 0.25) is 11.8 Å². The van der Waals surface area contributed by atoms with Crippen molar-refractivity contribution in [3.63, 3.8) is 0 Å². The van der Waals surface area contributed by atoms with Crippen LogP contribution in [0.2, 0.25) is 0 Å². The van der Waals surface area contributed by atoms with Crippen molar-refractivity contribution >= 4 is 5.91 Å². The Hall–Kier alpha value is -2.35. The van der Waals surface area contributed by atoms with Crippen LogP contribution in [0, 0.1) is 12.8 Å². The fourth-order valence-electron chi connectivity index (χ4n) is 4.42. The van der Waals surface area contributed by atoms with Crippen molar-refractivity contribution in [2.45, 2.75) is 51.7 Å². The second-order valence-corrected chi connectivity index (χ2v) is 8.53. The number of hydrogen-bond donors (Lipinski definition) is 0. The van der Waals surface area contributed by atoms with Crippen LogP contribution in [-0.4, -0.2) is 46.9 Å². The van der Waals surface area contributed by atoms with Gasteiger partial charge in [0.25, 0.3) is 0 Å². The number of carbonyl (C=O) groups is 1. The Bertz CT molecular complexity index is 894. The zero-order chi connectivity index (χ0) is 22.0. The third kappa shape index (κ3) is 5.11. The molecule has 0 radical (unpaired) electrons. The van der Waals surface area contributed by atoms with E-state index < -0.39 is 11.7 Å². The predicted molar refractivity (Wildman–Crippen MR) is 110 cm³/mol. The number of amides is 1. The van der Waals surface area contributed by atoms with E-state index in [1.807, 2.05) is 11.8 Å². The molecule has 0 unspecified atom stereocenters. The molecule has 0 aliphatic carbocycles. The molecule has 2 saturated heterocycles. The number of likely N-dealkylation sites (tertiary alicyclic amines) is 2. The van der Waals surface area contributed by atoms with Crippen LogP contribution in [0.4, 0.5) is 13.2 Å². The summed E-state index contributed by atoms with van der Waals surface area (Å²) in [6, 6.07) is 4.85. The minimum atomic E-state index is -4.36. The van der Waals surface area contributed by atoms with Crippen LogP contribution in [0.3, 0.4) is 0 Å². The summed E-state index contributed by atoms with van der Waals surface area (Å²) in [4.78, 5) is 21.6. The molecule has 0 atom stereocenters. The van der Waals surface area contributed by atoms with E-state index in [4.69, 9.17) is 4.42 Å². The van der Waals surface area contributed by atoms with E-state index in [0.717, 1.165) is 69.7 Å². The average Bonchev–Trinajstić information content (AvgIpc) is 3.14. The molecule has 2 aliphatic heterocycles. The highest BCUT2D eigenvalue weighted by atomic mass is 19.4. The Labute approximate surface area is 180 Å². The quantitative estimate of drug-likeness (QED) is 0.686. The summed E-state index contributed by atoms with van der Waals surface area (Å²) in [7, 11) is 0. The van der Waals surface area contributed by atoms with Gasteiger partial charge in [-0.2, -0.15) is 13.2 Å². The second-order valence-electron chi connectivity index (χ2n) is 8.53. The van der Waals surface area contributed by atoms with Crippen molar-refractivity contribution < 1.29 is 22.4 Å². The van der Waals surface area contributed by atoms with Gasteiger partial charge in [-0.1, -0.05) is 0 Å². The van der Waals surface area contributed by atoms with E-state index in [0.29, 0.717) is 29.7 Å². The highest BCUT2D eigenvalue weighted by molar-refractivity contribution is 5.79. The zero-order valence-electron chi connectivity index (χ0n) is 17.7. The fraction of sp³-hybridized carbons (Fsp3) is 0.565. The molecule has 0 bridgehead atoms. The van der Waals surface area contributed by atoms with E-state index in [1.165, 1.54) is 18.6 Å². The minimum absolute atomic E-state index is 0.107. The van der Waals surface area contributed by atoms with Gasteiger partial charge >= 0.3 is 6.18 Å². The lowest BCUT2D eigenvalue weighted by molar-refractivity contribution is -0.138. The number of halogens is 3. The number of alkyl halides is 3. The summed E-state index contributed by atoms with van der Waals surface area (Å²) in [5.74, 6) is 1.41. The number of nitrogens with zero attached hydrogens (tertiary/aromatic N) is 3. The third-order valence-corrected chi connectivity index (χ3v) is 6.33. The molecule has 1 amide bonds. The number of piperidine rings is 2. The highest BCUT2D eigenvalue weighted by Gasteiger charge is 2.31. The van der Waals surface area contributed by atoms with E-state index in [2.05, 4.69) is 9.88 Å². The van der Waals surface area contributed by atoms with Gasteiger partial charge in [-0.15, -0.1) is 0 Å². The molecule has 0 saturated carbocycles. The van der Waals surface area contributed by atoms with Gasteiger partial charge in [0.15, 0.2) is 0 Å². The minimum Gasteiger partial charge on any atom is -0.441 e. The Balaban J connectivity index is 1.34. The maximum Gasteiger partial charge on any atom is 0.416 e. The summed E-state index contributed by atoms with van der Waals surface area (Å²) in [5.41, 5.74) is 0.616. The molecule has 4 rings (SSSR count). The number of rotatable bonds is 4. The zero-order valence-corrected chi connectivity index (χ0v) is 17.7. The lowest BCUT2D eigenvalue weighted by atomic mass is 9.94. The maximum atomic E-state index is 12.8. The topological polar surface area (TPSA) is 49.6 Å². The summed E-state index contributed by atoms with van der Waals surface area (Å²) in [5, 5.41) is 0. The Morgan fingerprint density at radius 2 is 1.71 bits per heavy atom. The Morgan fingerprint density at radius 1 is 1.06 bits per heavy atom.